The van der Waals surface area contributed by atoms with Crippen LogP contribution in [0.25, 0.3) is 11.5 Å². The van der Waals surface area contributed by atoms with Gasteiger partial charge < -0.3 is 9.32 Å². The molecule has 2 aromatic carbocycles. The minimum absolute atomic E-state index is 0.114. The maximum atomic E-state index is 13.0. The Morgan fingerprint density at radius 3 is 2.46 bits per heavy atom. The topological polar surface area (TPSA) is 46.3 Å². The van der Waals surface area contributed by atoms with Gasteiger partial charge in [-0.15, -0.1) is 0 Å². The summed E-state index contributed by atoms with van der Waals surface area (Å²) in [5.74, 6) is 1.19. The second-order valence-electron chi connectivity index (χ2n) is 7.84. The van der Waals surface area contributed by atoms with E-state index in [0.29, 0.717) is 30.1 Å². The minimum atomic E-state index is 0.114. The molecule has 3 aromatic rings. The SMILES string of the molecule is CC(C)c1ccc(CN(C(=O)Cc2coc(-c3ccccc3)n2)C2CC2)cc1. The van der Waals surface area contributed by atoms with Crippen LogP contribution in [0.1, 0.15) is 49.4 Å². The summed E-state index contributed by atoms with van der Waals surface area (Å²) in [4.78, 5) is 19.5. The van der Waals surface area contributed by atoms with Crippen molar-refractivity contribution in [2.24, 2.45) is 0 Å². The smallest absolute Gasteiger partial charge is 0.229 e. The number of amides is 1. The van der Waals surface area contributed by atoms with E-state index < -0.39 is 0 Å². The fourth-order valence-corrected chi connectivity index (χ4v) is 3.37. The van der Waals surface area contributed by atoms with Crippen molar-refractivity contribution in [2.45, 2.75) is 51.6 Å². The molecule has 1 aromatic heterocycles. The first-order valence-electron chi connectivity index (χ1n) is 9.98. The van der Waals surface area contributed by atoms with Crippen molar-refractivity contribution in [1.82, 2.24) is 9.88 Å². The van der Waals surface area contributed by atoms with E-state index in [9.17, 15) is 4.79 Å². The first-order valence-corrected chi connectivity index (χ1v) is 9.98. The number of hydrogen-bond acceptors (Lipinski definition) is 3. The summed E-state index contributed by atoms with van der Waals surface area (Å²) in [6.45, 7) is 5.04. The Kier molecular flexibility index (Phi) is 5.29. The highest BCUT2D eigenvalue weighted by Crippen LogP contribution is 2.29. The van der Waals surface area contributed by atoms with Gasteiger partial charge in [0, 0.05) is 18.2 Å². The van der Waals surface area contributed by atoms with E-state index in [1.807, 2.05) is 35.2 Å². The standard InChI is InChI=1S/C24H26N2O2/c1-17(2)19-10-8-18(9-11-19)15-26(22-12-13-22)23(27)14-21-16-28-24(25-21)20-6-4-3-5-7-20/h3-11,16-17,22H,12-15H2,1-2H3. The molecule has 4 rings (SSSR count). The number of benzene rings is 2. The molecule has 0 bridgehead atoms. The summed E-state index contributed by atoms with van der Waals surface area (Å²) >= 11 is 0. The van der Waals surface area contributed by atoms with E-state index in [0.717, 1.165) is 18.4 Å². The van der Waals surface area contributed by atoms with E-state index in [-0.39, 0.29) is 12.3 Å². The molecule has 4 nitrogen and oxygen atoms in total. The van der Waals surface area contributed by atoms with Gasteiger partial charge >= 0.3 is 0 Å². The predicted molar refractivity (Wildman–Crippen MR) is 110 cm³/mol. The van der Waals surface area contributed by atoms with Gasteiger partial charge in [-0.25, -0.2) is 4.98 Å². The highest BCUT2D eigenvalue weighted by Gasteiger charge is 2.32. The van der Waals surface area contributed by atoms with Crippen LogP contribution in [0, 0.1) is 0 Å². The Balaban J connectivity index is 1.44. The van der Waals surface area contributed by atoms with Crippen LogP contribution in [0.3, 0.4) is 0 Å². The first kappa shape index (κ1) is 18.5. The van der Waals surface area contributed by atoms with Gasteiger partial charge in [0.15, 0.2) is 0 Å². The first-order chi connectivity index (χ1) is 13.6. The second kappa shape index (κ2) is 8.01. The van der Waals surface area contributed by atoms with Crippen LogP contribution in [0.4, 0.5) is 0 Å². The molecule has 0 spiro atoms. The van der Waals surface area contributed by atoms with Gasteiger partial charge in [-0.2, -0.15) is 0 Å². The number of oxazole rings is 1. The molecule has 0 saturated heterocycles. The van der Waals surface area contributed by atoms with Crippen molar-refractivity contribution >= 4 is 5.91 Å². The van der Waals surface area contributed by atoms with Gasteiger partial charge in [-0.3, -0.25) is 4.79 Å². The van der Waals surface area contributed by atoms with Gasteiger partial charge in [-0.05, 0) is 42.0 Å². The van der Waals surface area contributed by atoms with Gasteiger partial charge in [0.05, 0.1) is 12.1 Å². The molecular weight excluding hydrogens is 348 g/mol. The Morgan fingerprint density at radius 2 is 1.82 bits per heavy atom. The van der Waals surface area contributed by atoms with Crippen molar-refractivity contribution in [2.75, 3.05) is 0 Å². The van der Waals surface area contributed by atoms with Crippen molar-refractivity contribution in [3.05, 3.63) is 77.7 Å². The molecule has 1 amide bonds. The van der Waals surface area contributed by atoms with E-state index >= 15 is 0 Å². The lowest BCUT2D eigenvalue weighted by atomic mass is 10.0. The van der Waals surface area contributed by atoms with E-state index in [1.54, 1.807) is 6.26 Å². The molecule has 144 valence electrons. The molecule has 0 atom stereocenters. The maximum absolute atomic E-state index is 13.0. The largest absolute Gasteiger partial charge is 0.444 e. The summed E-state index contributed by atoms with van der Waals surface area (Å²) in [5, 5.41) is 0. The van der Waals surface area contributed by atoms with Gasteiger partial charge in [0.1, 0.15) is 6.26 Å². The summed E-state index contributed by atoms with van der Waals surface area (Å²) in [7, 11) is 0. The van der Waals surface area contributed by atoms with Crippen LogP contribution >= 0.6 is 0 Å². The molecule has 1 saturated carbocycles. The number of hydrogen-bond donors (Lipinski definition) is 0. The lowest BCUT2D eigenvalue weighted by Gasteiger charge is -2.22. The molecule has 1 aliphatic carbocycles. The number of rotatable bonds is 7. The molecule has 4 heteroatoms. The van der Waals surface area contributed by atoms with Crippen molar-refractivity contribution in [3.63, 3.8) is 0 Å². The quantitative estimate of drug-likeness (QED) is 0.571. The Labute approximate surface area is 166 Å². The molecule has 1 aliphatic rings. The van der Waals surface area contributed by atoms with E-state index in [2.05, 4.69) is 43.1 Å². The van der Waals surface area contributed by atoms with Crippen LogP contribution in [0.5, 0.6) is 0 Å². The van der Waals surface area contributed by atoms with Gasteiger partial charge in [-0.1, -0.05) is 56.3 Å². The Morgan fingerprint density at radius 1 is 1.11 bits per heavy atom. The normalized spacial score (nSPS) is 13.7. The monoisotopic (exact) mass is 374 g/mol. The third-order valence-electron chi connectivity index (χ3n) is 5.21. The number of carbonyl (C=O) groups is 1. The number of carbonyl (C=O) groups excluding carboxylic acids is 1. The third kappa shape index (κ3) is 4.33. The van der Waals surface area contributed by atoms with Crippen LogP contribution in [-0.2, 0) is 17.8 Å². The molecule has 0 unspecified atom stereocenters. The number of aromatic nitrogens is 1. The van der Waals surface area contributed by atoms with Crippen LogP contribution < -0.4 is 0 Å². The summed E-state index contributed by atoms with van der Waals surface area (Å²) in [6.07, 6.45) is 4.05. The zero-order valence-corrected chi connectivity index (χ0v) is 16.5. The highest BCUT2D eigenvalue weighted by atomic mass is 16.3. The molecule has 1 fully saturated rings. The predicted octanol–water partition coefficient (Wildman–Crippen LogP) is 5.20. The molecule has 0 radical (unpaired) electrons. The molecule has 28 heavy (non-hydrogen) atoms. The summed E-state index contributed by atoms with van der Waals surface area (Å²) in [6, 6.07) is 18.7. The number of nitrogens with zero attached hydrogens (tertiary/aromatic N) is 2. The van der Waals surface area contributed by atoms with Crippen LogP contribution in [-0.4, -0.2) is 21.8 Å². The average Bonchev–Trinajstić information content (AvgIpc) is 3.45. The minimum Gasteiger partial charge on any atom is -0.444 e. The summed E-state index contributed by atoms with van der Waals surface area (Å²) < 4.78 is 5.58. The van der Waals surface area contributed by atoms with Crippen molar-refractivity contribution in [3.8, 4) is 11.5 Å². The van der Waals surface area contributed by atoms with Gasteiger partial charge in [0.2, 0.25) is 11.8 Å². The molecule has 1 heterocycles. The van der Waals surface area contributed by atoms with E-state index in [1.165, 1.54) is 11.1 Å². The summed E-state index contributed by atoms with van der Waals surface area (Å²) in [5.41, 5.74) is 4.11. The highest BCUT2D eigenvalue weighted by molar-refractivity contribution is 5.79. The lowest BCUT2D eigenvalue weighted by molar-refractivity contribution is -0.131. The van der Waals surface area contributed by atoms with E-state index in [4.69, 9.17) is 4.42 Å². The molecule has 0 N–H and O–H groups in total. The fourth-order valence-electron chi connectivity index (χ4n) is 3.37. The van der Waals surface area contributed by atoms with Gasteiger partial charge in [0.25, 0.3) is 0 Å². The second-order valence-corrected chi connectivity index (χ2v) is 7.84. The Bertz CT molecular complexity index is 925. The Hall–Kier alpha value is -2.88. The molecular formula is C24H26N2O2. The molecule has 0 aliphatic heterocycles. The zero-order valence-electron chi connectivity index (χ0n) is 16.5. The van der Waals surface area contributed by atoms with Crippen LogP contribution in [0.15, 0.2) is 65.3 Å². The third-order valence-corrected chi connectivity index (χ3v) is 5.21. The van der Waals surface area contributed by atoms with Crippen molar-refractivity contribution in [1.29, 1.82) is 0 Å². The average molecular weight is 374 g/mol. The zero-order chi connectivity index (χ0) is 19.5. The maximum Gasteiger partial charge on any atom is 0.229 e. The fraction of sp³-hybridized carbons (Fsp3) is 0.333. The van der Waals surface area contributed by atoms with Crippen LogP contribution in [0.2, 0.25) is 0 Å². The lowest BCUT2D eigenvalue weighted by Crippen LogP contribution is -2.33. The van der Waals surface area contributed by atoms with Crippen molar-refractivity contribution < 1.29 is 9.21 Å².